The van der Waals surface area contributed by atoms with E-state index in [0.29, 0.717) is 11.4 Å². The molecule has 0 bridgehead atoms. The van der Waals surface area contributed by atoms with Gasteiger partial charge in [-0.2, -0.15) is 10.4 Å². The number of nitrogens with zero attached hydrogens (tertiary/aromatic N) is 6. The molecule has 0 radical (unpaired) electrons. The Morgan fingerprint density at radius 1 is 1.35 bits per heavy atom. The minimum absolute atomic E-state index is 0.614. The van der Waals surface area contributed by atoms with Crippen molar-refractivity contribution in [1.82, 2.24) is 19.7 Å². The lowest BCUT2D eigenvalue weighted by Crippen LogP contribution is -2.23. The van der Waals surface area contributed by atoms with Crippen molar-refractivity contribution in [2.45, 2.75) is 26.8 Å². The predicted octanol–water partition coefficient (Wildman–Crippen LogP) is 1.69. The molecule has 0 unspecified atom stereocenters. The molecule has 104 valence electrons. The first-order valence-electron chi connectivity index (χ1n) is 6.54. The van der Waals surface area contributed by atoms with E-state index >= 15 is 0 Å². The second-order valence-electron chi connectivity index (χ2n) is 4.80. The molecule has 0 atom stereocenters. The van der Waals surface area contributed by atoms with Crippen LogP contribution in [-0.2, 0) is 6.54 Å². The van der Waals surface area contributed by atoms with E-state index in [0.717, 1.165) is 30.8 Å². The average Bonchev–Trinajstić information content (AvgIpc) is 2.94. The van der Waals surface area contributed by atoms with Crippen LogP contribution in [0.1, 0.15) is 23.2 Å². The number of aromatic nitrogens is 4. The van der Waals surface area contributed by atoms with Gasteiger partial charge in [-0.15, -0.1) is 5.10 Å². The molecule has 2 heterocycles. The van der Waals surface area contributed by atoms with Crippen LogP contribution in [0, 0.1) is 25.2 Å². The third-order valence-electron chi connectivity index (χ3n) is 3.38. The predicted molar refractivity (Wildman–Crippen MR) is 76.3 cm³/mol. The summed E-state index contributed by atoms with van der Waals surface area (Å²) in [6.45, 7) is 5.48. The molecule has 0 N–H and O–H groups in total. The van der Waals surface area contributed by atoms with Crippen molar-refractivity contribution in [2.24, 2.45) is 0 Å². The highest BCUT2D eigenvalue weighted by Crippen LogP contribution is 2.20. The molecule has 0 saturated heterocycles. The lowest BCUT2D eigenvalue weighted by molar-refractivity contribution is 0.634. The number of hydrogen-bond donors (Lipinski definition) is 0. The van der Waals surface area contributed by atoms with E-state index in [1.54, 1.807) is 12.5 Å². The highest BCUT2D eigenvalue weighted by atomic mass is 15.2. The Hall–Kier alpha value is -2.42. The van der Waals surface area contributed by atoms with Crippen LogP contribution in [0.5, 0.6) is 0 Å². The van der Waals surface area contributed by atoms with Gasteiger partial charge in [0, 0.05) is 32.5 Å². The SMILES string of the molecule is Cc1nnc(N(C)CCCn2ccnc2)c(C#N)c1C. The normalized spacial score (nSPS) is 10.3. The number of rotatable bonds is 5. The number of aryl methyl sites for hydroxylation is 2. The maximum Gasteiger partial charge on any atom is 0.169 e. The monoisotopic (exact) mass is 270 g/mol. The first-order chi connectivity index (χ1) is 9.63. The Bertz CT molecular complexity index is 611. The minimum Gasteiger partial charge on any atom is -0.357 e. The zero-order valence-electron chi connectivity index (χ0n) is 12.0. The summed E-state index contributed by atoms with van der Waals surface area (Å²) >= 11 is 0. The van der Waals surface area contributed by atoms with Crippen LogP contribution in [0.25, 0.3) is 0 Å². The summed E-state index contributed by atoms with van der Waals surface area (Å²) in [7, 11) is 1.94. The van der Waals surface area contributed by atoms with Gasteiger partial charge < -0.3 is 9.47 Å². The smallest absolute Gasteiger partial charge is 0.169 e. The molecule has 6 heteroatoms. The second-order valence-corrected chi connectivity index (χ2v) is 4.80. The Labute approximate surface area is 118 Å². The van der Waals surface area contributed by atoms with E-state index < -0.39 is 0 Å². The fraction of sp³-hybridized carbons (Fsp3) is 0.429. The summed E-state index contributed by atoms with van der Waals surface area (Å²) in [5.41, 5.74) is 2.32. The van der Waals surface area contributed by atoms with E-state index in [-0.39, 0.29) is 0 Å². The summed E-state index contributed by atoms with van der Waals surface area (Å²) in [6, 6.07) is 2.23. The number of anilines is 1. The fourth-order valence-corrected chi connectivity index (χ4v) is 2.01. The molecule has 2 aromatic heterocycles. The molecule has 20 heavy (non-hydrogen) atoms. The molecule has 0 fully saturated rings. The van der Waals surface area contributed by atoms with E-state index in [4.69, 9.17) is 0 Å². The van der Waals surface area contributed by atoms with Crippen LogP contribution in [0.4, 0.5) is 5.82 Å². The third-order valence-corrected chi connectivity index (χ3v) is 3.38. The largest absolute Gasteiger partial charge is 0.357 e. The average molecular weight is 270 g/mol. The van der Waals surface area contributed by atoms with E-state index in [2.05, 4.69) is 21.3 Å². The van der Waals surface area contributed by atoms with Crippen molar-refractivity contribution in [1.29, 1.82) is 5.26 Å². The van der Waals surface area contributed by atoms with Crippen LogP contribution in [-0.4, -0.2) is 33.3 Å². The van der Waals surface area contributed by atoms with Gasteiger partial charge in [-0.25, -0.2) is 4.98 Å². The van der Waals surface area contributed by atoms with E-state index in [1.165, 1.54) is 0 Å². The van der Waals surface area contributed by atoms with Crippen LogP contribution in [0.15, 0.2) is 18.7 Å². The van der Waals surface area contributed by atoms with Crippen LogP contribution >= 0.6 is 0 Å². The Balaban J connectivity index is 2.04. The number of hydrogen-bond acceptors (Lipinski definition) is 5. The molecule has 0 amide bonds. The van der Waals surface area contributed by atoms with Crippen LogP contribution < -0.4 is 4.90 Å². The highest BCUT2D eigenvalue weighted by Gasteiger charge is 2.14. The van der Waals surface area contributed by atoms with Gasteiger partial charge >= 0.3 is 0 Å². The minimum atomic E-state index is 0.614. The zero-order valence-corrected chi connectivity index (χ0v) is 12.0. The summed E-state index contributed by atoms with van der Waals surface area (Å²) in [5.74, 6) is 0.654. The summed E-state index contributed by atoms with van der Waals surface area (Å²) in [4.78, 5) is 5.99. The molecule has 2 aromatic rings. The molecule has 0 aromatic carbocycles. The summed E-state index contributed by atoms with van der Waals surface area (Å²) < 4.78 is 2.03. The maximum atomic E-state index is 9.29. The van der Waals surface area contributed by atoms with Crippen molar-refractivity contribution in [2.75, 3.05) is 18.5 Å². The summed E-state index contributed by atoms with van der Waals surface area (Å²) in [5, 5.41) is 17.6. The zero-order chi connectivity index (χ0) is 14.5. The van der Waals surface area contributed by atoms with E-state index in [9.17, 15) is 5.26 Å². The molecule has 0 spiro atoms. The van der Waals surface area contributed by atoms with Gasteiger partial charge in [0.2, 0.25) is 0 Å². The van der Waals surface area contributed by atoms with Gasteiger partial charge in [0.25, 0.3) is 0 Å². The topological polar surface area (TPSA) is 70.6 Å². The maximum absolute atomic E-state index is 9.29. The van der Waals surface area contributed by atoms with E-state index in [1.807, 2.05) is 36.6 Å². The van der Waals surface area contributed by atoms with Gasteiger partial charge in [-0.05, 0) is 25.8 Å². The first-order valence-corrected chi connectivity index (χ1v) is 6.54. The standard InChI is InChI=1S/C14H18N6/c1-11-12(2)17-18-14(13(11)9-15)19(3)6-4-7-20-8-5-16-10-20/h5,8,10H,4,6-7H2,1-3H3. The van der Waals surface area contributed by atoms with Crippen molar-refractivity contribution in [3.63, 3.8) is 0 Å². The molecule has 6 nitrogen and oxygen atoms in total. The number of imidazole rings is 1. The highest BCUT2D eigenvalue weighted by molar-refractivity contribution is 5.56. The van der Waals surface area contributed by atoms with Gasteiger partial charge in [-0.3, -0.25) is 0 Å². The quantitative estimate of drug-likeness (QED) is 0.826. The Kier molecular flexibility index (Phi) is 4.31. The van der Waals surface area contributed by atoms with Crippen molar-refractivity contribution in [3.05, 3.63) is 35.5 Å². The summed E-state index contributed by atoms with van der Waals surface area (Å²) in [6.07, 6.45) is 6.46. The first kappa shape index (κ1) is 14.0. The second kappa shape index (κ2) is 6.15. The van der Waals surface area contributed by atoms with Crippen molar-refractivity contribution < 1.29 is 0 Å². The molecule has 0 aliphatic heterocycles. The Morgan fingerprint density at radius 3 is 2.80 bits per heavy atom. The van der Waals surface area contributed by atoms with Crippen molar-refractivity contribution >= 4 is 5.82 Å². The molecular weight excluding hydrogens is 252 g/mol. The van der Waals surface area contributed by atoms with Gasteiger partial charge in [0.1, 0.15) is 11.6 Å². The molecule has 2 rings (SSSR count). The van der Waals surface area contributed by atoms with Crippen LogP contribution in [0.3, 0.4) is 0 Å². The van der Waals surface area contributed by atoms with Gasteiger partial charge in [0.05, 0.1) is 12.0 Å². The Morgan fingerprint density at radius 2 is 2.15 bits per heavy atom. The molecule has 0 aliphatic rings. The fourth-order valence-electron chi connectivity index (χ4n) is 2.01. The number of nitriles is 1. The van der Waals surface area contributed by atoms with Gasteiger partial charge in [-0.1, -0.05) is 0 Å². The lowest BCUT2D eigenvalue weighted by Gasteiger charge is -2.19. The molecule has 0 aliphatic carbocycles. The van der Waals surface area contributed by atoms with Gasteiger partial charge in [0.15, 0.2) is 5.82 Å². The van der Waals surface area contributed by atoms with Crippen molar-refractivity contribution in [3.8, 4) is 6.07 Å². The molecular formula is C14H18N6. The third kappa shape index (κ3) is 2.94. The lowest BCUT2D eigenvalue weighted by atomic mass is 10.1. The van der Waals surface area contributed by atoms with Crippen LogP contribution in [0.2, 0.25) is 0 Å². The molecule has 0 saturated carbocycles.